The molecule has 0 N–H and O–H groups in total. The molecular weight excluding hydrogens is 241 g/mol. The molecule has 0 fully saturated rings. The molecule has 0 amide bonds. The number of hydrogen-bond acceptors (Lipinski definition) is 3. The third-order valence-electron chi connectivity index (χ3n) is 1.78. The summed E-state index contributed by atoms with van der Waals surface area (Å²) in [5.41, 5.74) is 0. The first-order valence-corrected chi connectivity index (χ1v) is 5.58. The van der Waals surface area contributed by atoms with Gasteiger partial charge < -0.3 is 4.74 Å². The van der Waals surface area contributed by atoms with Crippen molar-refractivity contribution in [2.75, 3.05) is 13.2 Å². The Bertz CT molecular complexity index is 319. The normalized spacial score (nSPS) is 11.7. The fourth-order valence-electron chi connectivity index (χ4n) is 1.05. The predicted molar refractivity (Wildman–Crippen MR) is 54.8 cm³/mol. The molecule has 1 aromatic rings. The zero-order valence-corrected chi connectivity index (χ0v) is 9.24. The molecule has 0 aliphatic heterocycles. The fraction of sp³-hybridized carbons (Fsp3) is 0.500. The Hall–Kier alpha value is -0.880. The summed E-state index contributed by atoms with van der Waals surface area (Å²) >= 11 is 1.29. The minimum atomic E-state index is -4.15. The molecule has 6 heteroatoms. The highest BCUT2D eigenvalue weighted by Gasteiger charge is 2.25. The van der Waals surface area contributed by atoms with Gasteiger partial charge in [0.15, 0.2) is 5.78 Å². The van der Waals surface area contributed by atoms with Crippen LogP contribution < -0.4 is 0 Å². The Labute approximate surface area is 95.0 Å². The predicted octanol–water partition coefficient (Wildman–Crippen LogP) is 3.29. The van der Waals surface area contributed by atoms with Gasteiger partial charge in [0.2, 0.25) is 0 Å². The van der Waals surface area contributed by atoms with Crippen molar-refractivity contribution < 1.29 is 22.7 Å². The van der Waals surface area contributed by atoms with E-state index in [0.29, 0.717) is 4.88 Å². The third kappa shape index (κ3) is 5.27. The van der Waals surface area contributed by atoms with Crippen LogP contribution in [-0.2, 0) is 4.74 Å². The summed E-state index contributed by atoms with van der Waals surface area (Å²) in [6.45, 7) is -0.199. The summed E-state index contributed by atoms with van der Waals surface area (Å²) in [5, 5.41) is 1.76. The molecule has 0 atom stereocenters. The number of alkyl halides is 3. The van der Waals surface area contributed by atoms with Crippen molar-refractivity contribution in [2.45, 2.75) is 19.0 Å². The van der Waals surface area contributed by atoms with Gasteiger partial charge in [-0.05, 0) is 17.9 Å². The van der Waals surface area contributed by atoms with Crippen LogP contribution in [0.4, 0.5) is 13.2 Å². The Morgan fingerprint density at radius 2 is 2.19 bits per heavy atom. The lowest BCUT2D eigenvalue weighted by Gasteiger charge is -2.05. The minimum absolute atomic E-state index is 0.0450. The summed E-state index contributed by atoms with van der Waals surface area (Å²) in [5.74, 6) is -0.193. The summed E-state index contributed by atoms with van der Waals surface area (Å²) in [6.07, 6.45) is -5.14. The van der Waals surface area contributed by atoms with E-state index in [1.165, 1.54) is 11.3 Å². The van der Waals surface area contributed by atoms with Crippen molar-refractivity contribution in [3.63, 3.8) is 0 Å². The SMILES string of the molecule is O=C(COCCCC(F)(F)F)c1cccs1. The maximum Gasteiger partial charge on any atom is 0.389 e. The van der Waals surface area contributed by atoms with Gasteiger partial charge in [-0.1, -0.05) is 6.07 Å². The molecule has 0 aliphatic rings. The minimum Gasteiger partial charge on any atom is -0.373 e. The second kappa shape index (κ2) is 6.00. The van der Waals surface area contributed by atoms with Crippen LogP contribution >= 0.6 is 11.3 Å². The molecule has 1 heterocycles. The largest absolute Gasteiger partial charge is 0.389 e. The van der Waals surface area contributed by atoms with E-state index in [4.69, 9.17) is 4.74 Å². The van der Waals surface area contributed by atoms with E-state index in [0.717, 1.165) is 0 Å². The molecular formula is C10H11F3O2S. The number of hydrogen-bond donors (Lipinski definition) is 0. The van der Waals surface area contributed by atoms with Crippen molar-refractivity contribution in [2.24, 2.45) is 0 Å². The van der Waals surface area contributed by atoms with E-state index in [2.05, 4.69) is 0 Å². The van der Waals surface area contributed by atoms with Gasteiger partial charge in [-0.25, -0.2) is 0 Å². The van der Waals surface area contributed by atoms with Crippen LogP contribution in [0.1, 0.15) is 22.5 Å². The van der Waals surface area contributed by atoms with Crippen LogP contribution in [0.2, 0.25) is 0 Å². The molecule has 2 nitrogen and oxygen atoms in total. The number of ether oxygens (including phenoxy) is 1. The number of ketones is 1. The molecule has 0 saturated heterocycles. The van der Waals surface area contributed by atoms with Crippen LogP contribution in [0.3, 0.4) is 0 Å². The number of Topliss-reactive ketones (excluding diaryl/α,β-unsaturated/α-hetero) is 1. The Morgan fingerprint density at radius 1 is 1.44 bits per heavy atom. The van der Waals surface area contributed by atoms with Gasteiger partial charge in [-0.15, -0.1) is 11.3 Å². The lowest BCUT2D eigenvalue weighted by atomic mass is 10.3. The van der Waals surface area contributed by atoms with Crippen LogP contribution in [0.25, 0.3) is 0 Å². The molecule has 90 valence electrons. The van der Waals surface area contributed by atoms with Crippen molar-refractivity contribution in [1.29, 1.82) is 0 Å². The molecule has 0 aliphatic carbocycles. The maximum absolute atomic E-state index is 11.7. The molecule has 1 aromatic heterocycles. The van der Waals surface area contributed by atoms with Gasteiger partial charge in [0.05, 0.1) is 4.88 Å². The van der Waals surface area contributed by atoms with Crippen molar-refractivity contribution in [1.82, 2.24) is 0 Å². The van der Waals surface area contributed by atoms with Crippen molar-refractivity contribution in [3.05, 3.63) is 22.4 Å². The summed E-state index contributed by atoms with van der Waals surface area (Å²) in [6, 6.07) is 3.40. The van der Waals surface area contributed by atoms with Gasteiger partial charge in [-0.2, -0.15) is 13.2 Å². The van der Waals surface area contributed by atoms with E-state index in [1.807, 2.05) is 0 Å². The second-order valence-electron chi connectivity index (χ2n) is 3.17. The van der Waals surface area contributed by atoms with Crippen molar-refractivity contribution in [3.8, 4) is 0 Å². The maximum atomic E-state index is 11.7. The fourth-order valence-corrected chi connectivity index (χ4v) is 1.70. The topological polar surface area (TPSA) is 26.3 Å². The number of halogens is 3. The highest BCUT2D eigenvalue weighted by Crippen LogP contribution is 2.21. The number of rotatable bonds is 6. The van der Waals surface area contributed by atoms with Gasteiger partial charge in [0.25, 0.3) is 0 Å². The summed E-state index contributed by atoms with van der Waals surface area (Å²) in [7, 11) is 0. The van der Waals surface area contributed by atoms with Gasteiger partial charge in [0, 0.05) is 13.0 Å². The second-order valence-corrected chi connectivity index (χ2v) is 4.12. The van der Waals surface area contributed by atoms with E-state index >= 15 is 0 Å². The van der Waals surface area contributed by atoms with Gasteiger partial charge >= 0.3 is 6.18 Å². The average molecular weight is 252 g/mol. The monoisotopic (exact) mass is 252 g/mol. The number of thiophene rings is 1. The Morgan fingerprint density at radius 3 is 2.75 bits per heavy atom. The molecule has 1 rings (SSSR count). The van der Waals surface area contributed by atoms with Crippen LogP contribution in [0, 0.1) is 0 Å². The molecule has 16 heavy (non-hydrogen) atoms. The lowest BCUT2D eigenvalue weighted by molar-refractivity contribution is -0.137. The Kier molecular flexibility index (Phi) is 4.95. The van der Waals surface area contributed by atoms with Gasteiger partial charge in [-0.3, -0.25) is 4.79 Å². The zero-order valence-electron chi connectivity index (χ0n) is 8.42. The molecule has 0 saturated carbocycles. The first-order chi connectivity index (χ1) is 7.49. The first-order valence-electron chi connectivity index (χ1n) is 4.70. The van der Waals surface area contributed by atoms with Crippen LogP contribution in [0.5, 0.6) is 0 Å². The van der Waals surface area contributed by atoms with E-state index < -0.39 is 12.6 Å². The quantitative estimate of drug-likeness (QED) is 0.573. The number of carbonyl (C=O) groups excluding carboxylic acids is 1. The molecule has 0 unspecified atom stereocenters. The lowest BCUT2D eigenvalue weighted by Crippen LogP contribution is -2.12. The average Bonchev–Trinajstić information content (AvgIpc) is 2.67. The van der Waals surface area contributed by atoms with E-state index in [1.54, 1.807) is 17.5 Å². The van der Waals surface area contributed by atoms with Crippen LogP contribution in [-0.4, -0.2) is 25.2 Å². The standard InChI is InChI=1S/C10H11F3O2S/c11-10(12,13)4-2-5-15-7-8(14)9-3-1-6-16-9/h1,3,6H,2,4-5,7H2. The smallest absolute Gasteiger partial charge is 0.373 e. The Balaban J connectivity index is 2.10. The van der Waals surface area contributed by atoms with E-state index in [-0.39, 0.29) is 25.4 Å². The summed E-state index contributed by atoms with van der Waals surface area (Å²) in [4.78, 5) is 11.9. The third-order valence-corrected chi connectivity index (χ3v) is 2.69. The molecule has 0 spiro atoms. The van der Waals surface area contributed by atoms with Crippen LogP contribution in [0.15, 0.2) is 17.5 Å². The zero-order chi connectivity index (χ0) is 12.0. The first kappa shape index (κ1) is 13.2. The highest BCUT2D eigenvalue weighted by atomic mass is 32.1. The summed E-state index contributed by atoms with van der Waals surface area (Å²) < 4.78 is 40.1. The highest BCUT2D eigenvalue weighted by molar-refractivity contribution is 7.12. The van der Waals surface area contributed by atoms with E-state index in [9.17, 15) is 18.0 Å². The van der Waals surface area contributed by atoms with Crippen molar-refractivity contribution >= 4 is 17.1 Å². The molecule has 0 radical (unpaired) electrons. The van der Waals surface area contributed by atoms with Gasteiger partial charge in [0.1, 0.15) is 6.61 Å². The molecule has 0 aromatic carbocycles. The molecule has 0 bridgehead atoms. The number of carbonyl (C=O) groups is 1.